The van der Waals surface area contributed by atoms with Crippen LogP contribution in [0.15, 0.2) is 35.1 Å². The zero-order valence-corrected chi connectivity index (χ0v) is 17.1. The third-order valence-corrected chi connectivity index (χ3v) is 4.27. The lowest BCUT2D eigenvalue weighted by molar-refractivity contribution is -0.0639. The van der Waals surface area contributed by atoms with Crippen LogP contribution in [0.1, 0.15) is 36.8 Å². The van der Waals surface area contributed by atoms with Crippen molar-refractivity contribution in [3.63, 3.8) is 0 Å². The fourth-order valence-electron chi connectivity index (χ4n) is 2.85. The molecular formula is C21H26N2O6. The molecule has 156 valence electrons. The highest BCUT2D eigenvalue weighted by atomic mass is 16.6. The van der Waals surface area contributed by atoms with Gasteiger partial charge in [-0.15, -0.1) is 0 Å². The Bertz CT molecular complexity index is 853. The highest BCUT2D eigenvalue weighted by Crippen LogP contribution is 2.24. The van der Waals surface area contributed by atoms with Crippen molar-refractivity contribution < 1.29 is 28.2 Å². The predicted octanol–water partition coefficient (Wildman–Crippen LogP) is 3.44. The van der Waals surface area contributed by atoms with Crippen molar-refractivity contribution in [2.75, 3.05) is 26.3 Å². The average molecular weight is 402 g/mol. The third kappa shape index (κ3) is 5.57. The quantitative estimate of drug-likeness (QED) is 0.724. The van der Waals surface area contributed by atoms with Gasteiger partial charge in [-0.25, -0.2) is 14.6 Å². The van der Waals surface area contributed by atoms with Crippen LogP contribution in [0.3, 0.4) is 0 Å². The van der Waals surface area contributed by atoms with E-state index in [4.69, 9.17) is 18.6 Å². The monoisotopic (exact) mass is 402 g/mol. The Hall–Kier alpha value is -2.87. The first-order chi connectivity index (χ1) is 13.7. The van der Waals surface area contributed by atoms with E-state index in [2.05, 4.69) is 4.98 Å². The fraction of sp³-hybridized carbons (Fsp3) is 0.476. The minimum absolute atomic E-state index is 0.00166. The molecule has 8 nitrogen and oxygen atoms in total. The van der Waals surface area contributed by atoms with Crippen LogP contribution < -0.4 is 0 Å². The molecule has 1 aromatic heterocycles. The molecule has 8 heteroatoms. The van der Waals surface area contributed by atoms with Crippen LogP contribution in [-0.2, 0) is 14.2 Å². The number of carbonyl (C=O) groups excluding carboxylic acids is 2. The van der Waals surface area contributed by atoms with Gasteiger partial charge in [-0.1, -0.05) is 29.8 Å². The molecule has 1 aromatic carbocycles. The van der Waals surface area contributed by atoms with Gasteiger partial charge in [0, 0.05) is 12.1 Å². The summed E-state index contributed by atoms with van der Waals surface area (Å²) in [5.74, 6) is -0.248. The number of nitrogens with zero attached hydrogens (tertiary/aromatic N) is 2. The molecule has 1 saturated heterocycles. The van der Waals surface area contributed by atoms with Gasteiger partial charge < -0.3 is 23.5 Å². The first kappa shape index (κ1) is 20.9. The smallest absolute Gasteiger partial charge is 0.410 e. The Labute approximate surface area is 169 Å². The minimum Gasteiger partial charge on any atom is -0.458 e. The summed E-state index contributed by atoms with van der Waals surface area (Å²) in [5, 5.41) is 0. The van der Waals surface area contributed by atoms with Gasteiger partial charge in [0.2, 0.25) is 0 Å². The molecule has 1 amide bonds. The first-order valence-electron chi connectivity index (χ1n) is 9.50. The van der Waals surface area contributed by atoms with Crippen molar-refractivity contribution in [1.29, 1.82) is 0 Å². The van der Waals surface area contributed by atoms with Crippen molar-refractivity contribution in [3.05, 3.63) is 41.9 Å². The molecule has 3 rings (SSSR count). The molecule has 1 aliphatic rings. The molecular weight excluding hydrogens is 376 g/mol. The van der Waals surface area contributed by atoms with Gasteiger partial charge in [-0.05, 0) is 27.7 Å². The van der Waals surface area contributed by atoms with E-state index >= 15 is 0 Å². The average Bonchev–Trinajstić information content (AvgIpc) is 3.15. The number of carbonyl (C=O) groups is 2. The normalized spacial score (nSPS) is 17.1. The number of hydrogen-bond acceptors (Lipinski definition) is 7. The molecule has 0 aliphatic carbocycles. The van der Waals surface area contributed by atoms with E-state index in [9.17, 15) is 9.59 Å². The molecule has 0 unspecified atom stereocenters. The highest BCUT2D eigenvalue weighted by Gasteiger charge is 2.29. The number of aryl methyl sites for hydroxylation is 1. The number of rotatable bonds is 4. The molecule has 29 heavy (non-hydrogen) atoms. The SMILES string of the molecule is Cc1ccc(-c2ocnc2C(=O)OC[C@H]2CN(C(=O)OC(C)(C)C)CCO2)cc1. The van der Waals surface area contributed by atoms with Crippen LogP contribution in [0.2, 0.25) is 0 Å². The highest BCUT2D eigenvalue weighted by molar-refractivity contribution is 5.93. The van der Waals surface area contributed by atoms with Crippen LogP contribution >= 0.6 is 0 Å². The predicted molar refractivity (Wildman–Crippen MR) is 105 cm³/mol. The van der Waals surface area contributed by atoms with Crippen molar-refractivity contribution in [1.82, 2.24) is 9.88 Å². The number of aromatic nitrogens is 1. The molecule has 1 atom stereocenters. The Kier molecular flexibility index (Phi) is 6.22. The summed E-state index contributed by atoms with van der Waals surface area (Å²) in [6, 6.07) is 7.56. The Morgan fingerprint density at radius 3 is 2.66 bits per heavy atom. The van der Waals surface area contributed by atoms with Crippen molar-refractivity contribution in [3.8, 4) is 11.3 Å². The van der Waals surface area contributed by atoms with Gasteiger partial charge in [0.05, 0.1) is 13.2 Å². The largest absolute Gasteiger partial charge is 0.458 e. The fourth-order valence-corrected chi connectivity index (χ4v) is 2.85. The van der Waals surface area contributed by atoms with Crippen LogP contribution in [-0.4, -0.2) is 60.0 Å². The van der Waals surface area contributed by atoms with Crippen LogP contribution in [0.4, 0.5) is 4.79 Å². The Balaban J connectivity index is 1.58. The second-order valence-corrected chi connectivity index (χ2v) is 7.91. The maximum Gasteiger partial charge on any atom is 0.410 e. The van der Waals surface area contributed by atoms with E-state index in [1.807, 2.05) is 52.0 Å². The summed E-state index contributed by atoms with van der Waals surface area (Å²) in [4.78, 5) is 30.3. The number of morpholine rings is 1. The van der Waals surface area contributed by atoms with Crippen molar-refractivity contribution in [2.24, 2.45) is 0 Å². The molecule has 1 fully saturated rings. The molecule has 0 saturated carbocycles. The number of benzene rings is 1. The summed E-state index contributed by atoms with van der Waals surface area (Å²) in [5.41, 5.74) is 1.37. The molecule has 0 bridgehead atoms. The zero-order valence-electron chi connectivity index (χ0n) is 17.1. The lowest BCUT2D eigenvalue weighted by Crippen LogP contribution is -2.49. The lowest BCUT2D eigenvalue weighted by Gasteiger charge is -2.33. The van der Waals surface area contributed by atoms with E-state index in [-0.39, 0.29) is 18.8 Å². The van der Waals surface area contributed by atoms with E-state index in [0.29, 0.717) is 18.9 Å². The van der Waals surface area contributed by atoms with Crippen LogP contribution in [0.5, 0.6) is 0 Å². The van der Waals surface area contributed by atoms with Gasteiger partial charge in [0.15, 0.2) is 17.8 Å². The van der Waals surface area contributed by atoms with Crippen LogP contribution in [0.25, 0.3) is 11.3 Å². The maximum atomic E-state index is 12.5. The van der Waals surface area contributed by atoms with Crippen molar-refractivity contribution in [2.45, 2.75) is 39.4 Å². The Morgan fingerprint density at radius 1 is 1.24 bits per heavy atom. The summed E-state index contributed by atoms with van der Waals surface area (Å²) >= 11 is 0. The number of ether oxygens (including phenoxy) is 3. The van der Waals surface area contributed by atoms with Crippen molar-refractivity contribution >= 4 is 12.1 Å². The molecule has 2 aromatic rings. The third-order valence-electron chi connectivity index (χ3n) is 4.27. The number of esters is 1. The van der Waals surface area contributed by atoms with Gasteiger partial charge in [0.25, 0.3) is 0 Å². The van der Waals surface area contributed by atoms with Gasteiger partial charge in [-0.3, -0.25) is 0 Å². The molecule has 1 aliphatic heterocycles. The van der Waals surface area contributed by atoms with E-state index < -0.39 is 23.8 Å². The molecule has 0 spiro atoms. The zero-order chi connectivity index (χ0) is 21.0. The Morgan fingerprint density at radius 2 is 1.97 bits per heavy atom. The van der Waals surface area contributed by atoms with E-state index in [0.717, 1.165) is 11.1 Å². The number of amides is 1. The summed E-state index contributed by atoms with van der Waals surface area (Å²) < 4.78 is 21.8. The number of oxazole rings is 1. The molecule has 2 heterocycles. The number of hydrogen-bond donors (Lipinski definition) is 0. The van der Waals surface area contributed by atoms with Gasteiger partial charge in [0.1, 0.15) is 18.3 Å². The first-order valence-corrected chi connectivity index (χ1v) is 9.50. The van der Waals surface area contributed by atoms with Gasteiger partial charge in [-0.2, -0.15) is 0 Å². The summed E-state index contributed by atoms with van der Waals surface area (Å²) in [6.07, 6.45) is 0.373. The molecule has 0 radical (unpaired) electrons. The minimum atomic E-state index is -0.604. The summed E-state index contributed by atoms with van der Waals surface area (Å²) in [7, 11) is 0. The topological polar surface area (TPSA) is 91.1 Å². The van der Waals surface area contributed by atoms with E-state index in [1.54, 1.807) is 4.90 Å². The van der Waals surface area contributed by atoms with Crippen LogP contribution in [0, 0.1) is 6.92 Å². The standard InChI is InChI=1S/C21H26N2O6/c1-14-5-7-15(8-6-14)18-17(22-13-28-18)19(24)27-12-16-11-23(9-10-26-16)20(25)29-21(2,3)4/h5-8,13,16H,9-12H2,1-4H3/t16-/m1/s1. The lowest BCUT2D eigenvalue weighted by atomic mass is 10.1. The second kappa shape index (κ2) is 8.65. The molecule has 0 N–H and O–H groups in total. The van der Waals surface area contributed by atoms with Gasteiger partial charge >= 0.3 is 12.1 Å². The maximum absolute atomic E-state index is 12.5. The van der Waals surface area contributed by atoms with E-state index in [1.165, 1.54) is 6.39 Å². The summed E-state index contributed by atoms with van der Waals surface area (Å²) in [6.45, 7) is 8.48. The second-order valence-electron chi connectivity index (χ2n) is 7.91.